The van der Waals surface area contributed by atoms with Gasteiger partial charge in [-0.25, -0.2) is 0 Å². The summed E-state index contributed by atoms with van der Waals surface area (Å²) in [6.45, 7) is 16.0. The van der Waals surface area contributed by atoms with E-state index in [4.69, 9.17) is 28.4 Å². The van der Waals surface area contributed by atoms with Crippen LogP contribution in [0.3, 0.4) is 0 Å². The van der Waals surface area contributed by atoms with Gasteiger partial charge in [0.25, 0.3) is 0 Å². The van der Waals surface area contributed by atoms with Gasteiger partial charge in [-0.3, -0.25) is 33.6 Å². The van der Waals surface area contributed by atoms with Crippen molar-refractivity contribution in [3.63, 3.8) is 0 Å². The number of hydrogen-bond acceptors (Lipinski definition) is 14. The van der Waals surface area contributed by atoms with Gasteiger partial charge in [-0.1, -0.05) is 158 Å². The van der Waals surface area contributed by atoms with Crippen molar-refractivity contribution in [3.05, 3.63) is 0 Å². The van der Waals surface area contributed by atoms with Gasteiger partial charge in [-0.05, 0) is 72.0 Å². The second-order valence-corrected chi connectivity index (χ2v) is 20.6. The number of amides is 1. The summed E-state index contributed by atoms with van der Waals surface area (Å²) in [5.41, 5.74) is 0. The fraction of sp³-hybridized carbons (Fsp3) is 0.877. The summed E-state index contributed by atoms with van der Waals surface area (Å²) < 4.78 is 33.9. The molecule has 0 radical (unpaired) electrons. The Balaban J connectivity index is 5.80. The molecule has 72 heavy (non-hydrogen) atoms. The highest BCUT2D eigenvalue weighted by atomic mass is 16.6. The Morgan fingerprint density at radius 1 is 0.361 bits per heavy atom. The van der Waals surface area contributed by atoms with Crippen molar-refractivity contribution in [1.82, 2.24) is 9.80 Å². The Bertz CT molecular complexity index is 1300. The van der Waals surface area contributed by atoms with Gasteiger partial charge in [0.2, 0.25) is 5.91 Å². The van der Waals surface area contributed by atoms with E-state index in [0.717, 1.165) is 116 Å². The van der Waals surface area contributed by atoms with E-state index in [0.29, 0.717) is 38.5 Å². The second kappa shape index (κ2) is 44.7. The van der Waals surface area contributed by atoms with Gasteiger partial charge in [-0.2, -0.15) is 0 Å². The van der Waals surface area contributed by atoms with Crippen molar-refractivity contribution < 1.29 is 62.0 Å². The molecule has 4 atom stereocenters. The van der Waals surface area contributed by atoms with E-state index in [2.05, 4.69) is 32.6 Å². The van der Waals surface area contributed by atoms with Crippen LogP contribution in [0.5, 0.6) is 0 Å². The normalized spacial score (nSPS) is 13.8. The molecule has 0 heterocycles. The average Bonchev–Trinajstić information content (AvgIpc) is 3.35. The van der Waals surface area contributed by atoms with Crippen LogP contribution in [0, 0.1) is 23.7 Å². The van der Waals surface area contributed by atoms with Crippen LogP contribution in [0.4, 0.5) is 0 Å². The monoisotopic (exact) mass is 1020 g/mol. The molecule has 0 aromatic rings. The smallest absolute Gasteiger partial charge is 0.308 e. The van der Waals surface area contributed by atoms with Crippen molar-refractivity contribution in [2.24, 2.45) is 23.7 Å². The van der Waals surface area contributed by atoms with Crippen LogP contribution in [0.25, 0.3) is 0 Å². The molecule has 420 valence electrons. The standard InChI is InChI=1S/C57H104N2O13/c1-11-15-19-23-31-45(5)54(63)67-41-49(42-68-55(64)46(6)32-24-20-16-12-2)71-52(61)36-29-39-59(51(60)35-27-28-38-58(9)10)40-30-37-53(62)72-50(43-69-56(65)47(7)33-25-21-17-13-3)44-70-57(66)48(8)34-26-22-18-14-4/h45-50H,11-44H2,1-10H3. The van der Waals surface area contributed by atoms with Gasteiger partial charge >= 0.3 is 35.8 Å². The molecule has 0 aliphatic rings. The predicted molar refractivity (Wildman–Crippen MR) is 283 cm³/mol. The van der Waals surface area contributed by atoms with Gasteiger partial charge < -0.3 is 38.2 Å². The zero-order valence-electron chi connectivity index (χ0n) is 47.2. The topological polar surface area (TPSA) is 181 Å². The summed E-state index contributed by atoms with van der Waals surface area (Å²) in [4.78, 5) is 95.5. The number of esters is 6. The molecule has 0 spiro atoms. The number of unbranched alkanes of at least 4 members (excludes halogenated alkanes) is 13. The quantitative estimate of drug-likeness (QED) is 0.0319. The van der Waals surface area contributed by atoms with Gasteiger partial charge in [0.05, 0.1) is 23.7 Å². The summed E-state index contributed by atoms with van der Waals surface area (Å²) in [6, 6.07) is 0. The number of rotatable bonds is 47. The molecule has 0 aromatic carbocycles. The van der Waals surface area contributed by atoms with E-state index in [1.807, 2.05) is 41.8 Å². The minimum Gasteiger partial charge on any atom is -0.461 e. The van der Waals surface area contributed by atoms with Crippen molar-refractivity contribution in [2.45, 2.75) is 241 Å². The predicted octanol–water partition coefficient (Wildman–Crippen LogP) is 11.5. The molecule has 0 aromatic heterocycles. The maximum Gasteiger partial charge on any atom is 0.308 e. The molecule has 0 fully saturated rings. The lowest BCUT2D eigenvalue weighted by atomic mass is 10.0. The Hall–Kier alpha value is -3.75. The van der Waals surface area contributed by atoms with E-state index in [9.17, 15) is 33.6 Å². The molecule has 1 amide bonds. The molecule has 0 bridgehead atoms. The molecular weight excluding hydrogens is 921 g/mol. The fourth-order valence-corrected chi connectivity index (χ4v) is 8.02. The molecule has 0 saturated heterocycles. The average molecular weight is 1030 g/mol. The van der Waals surface area contributed by atoms with Crippen LogP contribution >= 0.6 is 0 Å². The maximum absolute atomic E-state index is 13.6. The lowest BCUT2D eigenvalue weighted by Crippen LogP contribution is -2.35. The molecule has 0 rings (SSSR count). The van der Waals surface area contributed by atoms with E-state index in [-0.39, 0.29) is 94.8 Å². The number of carbonyl (C=O) groups excluding carboxylic acids is 7. The lowest BCUT2D eigenvalue weighted by Gasteiger charge is -2.24. The van der Waals surface area contributed by atoms with E-state index in [1.165, 1.54) is 0 Å². The number of carbonyl (C=O) groups is 7. The molecule has 15 nitrogen and oxygen atoms in total. The van der Waals surface area contributed by atoms with E-state index in [1.54, 1.807) is 4.90 Å². The first-order chi connectivity index (χ1) is 34.5. The lowest BCUT2D eigenvalue weighted by molar-refractivity contribution is -0.169. The molecule has 15 heteroatoms. The van der Waals surface area contributed by atoms with Crippen LogP contribution in [0.2, 0.25) is 0 Å². The molecule has 0 N–H and O–H groups in total. The summed E-state index contributed by atoms with van der Waals surface area (Å²) in [5.74, 6) is -4.18. The minimum absolute atomic E-state index is 0.0552. The summed E-state index contributed by atoms with van der Waals surface area (Å²) in [5, 5.41) is 0. The number of nitrogens with zero attached hydrogens (tertiary/aromatic N) is 2. The van der Waals surface area contributed by atoms with Crippen molar-refractivity contribution in [1.29, 1.82) is 0 Å². The van der Waals surface area contributed by atoms with Gasteiger partial charge in [0.15, 0.2) is 12.2 Å². The zero-order chi connectivity index (χ0) is 53.9. The third-order valence-electron chi connectivity index (χ3n) is 13.0. The minimum atomic E-state index is -1.00. The van der Waals surface area contributed by atoms with Crippen LogP contribution in [0.15, 0.2) is 0 Å². The highest BCUT2D eigenvalue weighted by molar-refractivity contribution is 5.77. The van der Waals surface area contributed by atoms with Crippen LogP contribution in [0.1, 0.15) is 229 Å². The molecular formula is C57H104N2O13. The largest absolute Gasteiger partial charge is 0.461 e. The first-order valence-electron chi connectivity index (χ1n) is 28.5. The van der Waals surface area contributed by atoms with Crippen LogP contribution in [-0.4, -0.2) is 124 Å². The van der Waals surface area contributed by atoms with Crippen LogP contribution in [-0.2, 0) is 62.0 Å². The van der Waals surface area contributed by atoms with Gasteiger partial charge in [-0.15, -0.1) is 0 Å². The van der Waals surface area contributed by atoms with Crippen molar-refractivity contribution >= 4 is 41.7 Å². The summed E-state index contributed by atoms with van der Waals surface area (Å²) >= 11 is 0. The third-order valence-corrected chi connectivity index (χ3v) is 13.0. The Labute approximate surface area is 437 Å². The fourth-order valence-electron chi connectivity index (χ4n) is 8.02. The number of ether oxygens (including phenoxy) is 6. The van der Waals surface area contributed by atoms with Gasteiger partial charge in [0, 0.05) is 32.4 Å². The molecule has 0 aliphatic heterocycles. The zero-order valence-corrected chi connectivity index (χ0v) is 47.2. The molecule has 0 saturated carbocycles. The first-order valence-corrected chi connectivity index (χ1v) is 28.5. The number of hydrogen-bond donors (Lipinski definition) is 0. The SMILES string of the molecule is CCCCCCC(C)C(=O)OCC(COC(=O)C(C)CCCCCC)OC(=O)CCCN(CCCC(=O)OC(COC(=O)C(C)CCCCCC)COC(=O)C(C)CCCCCC)C(=O)CCCCN(C)C. The second-order valence-electron chi connectivity index (χ2n) is 20.6. The molecule has 0 aliphatic carbocycles. The summed E-state index contributed by atoms with van der Waals surface area (Å²) in [7, 11) is 3.95. The van der Waals surface area contributed by atoms with Gasteiger partial charge in [0.1, 0.15) is 26.4 Å². The van der Waals surface area contributed by atoms with E-state index >= 15 is 0 Å². The summed E-state index contributed by atoms with van der Waals surface area (Å²) in [6.07, 6.45) is 19.4. The highest BCUT2D eigenvalue weighted by Gasteiger charge is 2.26. The highest BCUT2D eigenvalue weighted by Crippen LogP contribution is 2.18. The van der Waals surface area contributed by atoms with Crippen molar-refractivity contribution in [3.8, 4) is 0 Å². The Morgan fingerprint density at radius 2 is 0.667 bits per heavy atom. The maximum atomic E-state index is 13.6. The van der Waals surface area contributed by atoms with Crippen LogP contribution < -0.4 is 0 Å². The van der Waals surface area contributed by atoms with Crippen molar-refractivity contribution in [2.75, 3.05) is 60.2 Å². The Kier molecular flexibility index (Phi) is 42.4. The Morgan fingerprint density at radius 3 is 0.944 bits per heavy atom. The van der Waals surface area contributed by atoms with E-state index < -0.39 is 48.0 Å². The molecule has 4 unspecified atom stereocenters. The first kappa shape index (κ1) is 68.2. The third kappa shape index (κ3) is 37.1.